The Labute approximate surface area is 382 Å². The van der Waals surface area contributed by atoms with Gasteiger partial charge in [-0.1, -0.05) is 121 Å². The predicted octanol–water partition coefficient (Wildman–Crippen LogP) is 6.33. The average molecular weight is 884 g/mol. The highest BCUT2D eigenvalue weighted by Crippen LogP contribution is 2.66. The van der Waals surface area contributed by atoms with Crippen molar-refractivity contribution in [2.24, 2.45) is 5.92 Å². The van der Waals surface area contributed by atoms with Crippen LogP contribution in [0.25, 0.3) is 0 Å². The van der Waals surface area contributed by atoms with Crippen LogP contribution in [0.2, 0.25) is 0 Å². The second-order valence-corrected chi connectivity index (χ2v) is 17.0. The van der Waals surface area contributed by atoms with Crippen LogP contribution in [0, 0.1) is 5.92 Å². The number of rotatable bonds is 10. The van der Waals surface area contributed by atoms with E-state index in [4.69, 9.17) is 9.47 Å². The van der Waals surface area contributed by atoms with Crippen LogP contribution in [0.1, 0.15) is 59.0 Å². The smallest absolute Gasteiger partial charge is 0.329 e. The number of urea groups is 1. The first-order valence-electron chi connectivity index (χ1n) is 22.3. The minimum atomic E-state index is -1.89. The van der Waals surface area contributed by atoms with Crippen LogP contribution in [-0.4, -0.2) is 94.1 Å². The maximum Gasteiger partial charge on any atom is 0.329 e. The van der Waals surface area contributed by atoms with Crippen molar-refractivity contribution < 1.29 is 33.8 Å². The number of carbonyl (C=O) groups excluding carboxylic acids is 4. The van der Waals surface area contributed by atoms with Crippen LogP contribution >= 0.6 is 0 Å². The van der Waals surface area contributed by atoms with Gasteiger partial charge in [0.15, 0.2) is 0 Å². The number of aromatic nitrogens is 2. The van der Waals surface area contributed by atoms with E-state index < -0.39 is 65.4 Å². The molecule has 0 saturated carbocycles. The number of morpholine rings is 1. The van der Waals surface area contributed by atoms with Crippen molar-refractivity contribution in [3.05, 3.63) is 186 Å². The summed E-state index contributed by atoms with van der Waals surface area (Å²) in [4.78, 5) is 78.7. The van der Waals surface area contributed by atoms with Gasteiger partial charge in [0, 0.05) is 38.6 Å². The van der Waals surface area contributed by atoms with Crippen molar-refractivity contribution in [1.82, 2.24) is 25.1 Å². The Morgan fingerprint density at radius 1 is 0.773 bits per heavy atom. The molecular weight excluding hydrogens is 835 g/mol. The number of hydrogen-bond donors (Lipinski definition) is 2. The number of nitrogens with zero attached hydrogens (tertiary/aromatic N) is 6. The summed E-state index contributed by atoms with van der Waals surface area (Å²) < 4.78 is 12.6. The zero-order valence-electron chi connectivity index (χ0n) is 36.3. The summed E-state index contributed by atoms with van der Waals surface area (Å²) in [5.74, 6) is -2.16. The number of carbonyl (C=O) groups is 4. The molecule has 4 amide bonds. The first kappa shape index (κ1) is 42.5. The molecule has 4 aliphatic rings. The Kier molecular flexibility index (Phi) is 11.5. The van der Waals surface area contributed by atoms with Crippen LogP contribution in [-0.2, 0) is 24.5 Å². The number of para-hydroxylation sites is 1. The van der Waals surface area contributed by atoms with Crippen molar-refractivity contribution in [3.8, 4) is 5.75 Å². The summed E-state index contributed by atoms with van der Waals surface area (Å²) in [5.41, 5.74) is 1.79. The van der Waals surface area contributed by atoms with Crippen molar-refractivity contribution in [2.75, 3.05) is 49.2 Å². The Balaban J connectivity index is 1.20. The Bertz CT molecular complexity index is 2720. The highest BCUT2D eigenvalue weighted by atomic mass is 16.6. The van der Waals surface area contributed by atoms with Crippen LogP contribution in [0.15, 0.2) is 158 Å². The first-order valence-corrected chi connectivity index (χ1v) is 22.3. The number of amides is 4. The summed E-state index contributed by atoms with van der Waals surface area (Å²) in [6.07, 6.45) is 2.48. The maximum atomic E-state index is 16.5. The van der Waals surface area contributed by atoms with Crippen LogP contribution in [0.5, 0.6) is 5.75 Å². The third-order valence-corrected chi connectivity index (χ3v) is 13.4. The number of anilines is 2. The number of imide groups is 1. The number of aliphatic hydroxyl groups excluding tert-OH is 1. The topological polar surface area (TPSA) is 158 Å². The van der Waals surface area contributed by atoms with Crippen molar-refractivity contribution >= 4 is 35.5 Å². The number of nitrogens with one attached hydrogen (secondary N) is 1. The van der Waals surface area contributed by atoms with Gasteiger partial charge in [0.1, 0.15) is 29.9 Å². The SMILES string of the molecule is C[C@@H](NC(=O)N1C(=O)[C@@]2(c3ccccc31)[C@H](c1cccc(OCCO)c1)N1[C@H](c3ccccc3)[C@H](c3ccccc3)OC(=O)[C@H]1[C@@H]2C(=O)N1CCN(c2ncccn2)CC1)c1ccccc1. The van der Waals surface area contributed by atoms with Crippen LogP contribution in [0.4, 0.5) is 16.4 Å². The van der Waals surface area contributed by atoms with Crippen molar-refractivity contribution in [3.63, 3.8) is 0 Å². The molecule has 334 valence electrons. The zero-order valence-corrected chi connectivity index (χ0v) is 36.3. The van der Waals surface area contributed by atoms with Crippen LogP contribution < -0.4 is 19.9 Å². The molecule has 4 aliphatic heterocycles. The minimum Gasteiger partial charge on any atom is -0.491 e. The van der Waals surface area contributed by atoms with Gasteiger partial charge in [-0.25, -0.2) is 19.7 Å². The van der Waals surface area contributed by atoms with Gasteiger partial charge in [-0.3, -0.25) is 19.3 Å². The van der Waals surface area contributed by atoms with E-state index in [0.29, 0.717) is 41.6 Å². The van der Waals surface area contributed by atoms with Gasteiger partial charge in [-0.05, 0) is 59.0 Å². The van der Waals surface area contributed by atoms with E-state index in [0.717, 1.165) is 21.6 Å². The van der Waals surface area contributed by atoms with Gasteiger partial charge in [-0.2, -0.15) is 0 Å². The van der Waals surface area contributed by atoms with E-state index in [-0.39, 0.29) is 26.3 Å². The lowest BCUT2D eigenvalue weighted by atomic mass is 9.65. The molecule has 0 radical (unpaired) electrons. The van der Waals surface area contributed by atoms with Crippen LogP contribution in [0.3, 0.4) is 0 Å². The van der Waals surface area contributed by atoms with E-state index in [2.05, 4.69) is 15.3 Å². The third kappa shape index (κ3) is 7.22. The lowest BCUT2D eigenvalue weighted by Gasteiger charge is -2.46. The molecule has 14 heteroatoms. The number of benzene rings is 5. The second-order valence-electron chi connectivity index (χ2n) is 17.0. The molecular formula is C52H49N7O7. The molecule has 0 aliphatic carbocycles. The molecule has 5 heterocycles. The fraction of sp³-hybridized carbons (Fsp3) is 0.269. The van der Waals surface area contributed by atoms with Gasteiger partial charge >= 0.3 is 12.0 Å². The summed E-state index contributed by atoms with van der Waals surface area (Å²) in [7, 11) is 0. The Morgan fingerprint density at radius 3 is 2.11 bits per heavy atom. The first-order chi connectivity index (χ1) is 32.3. The van der Waals surface area contributed by atoms with Gasteiger partial charge in [0.25, 0.3) is 0 Å². The molecule has 1 aromatic heterocycles. The minimum absolute atomic E-state index is 0.0110. The van der Waals surface area contributed by atoms with E-state index in [9.17, 15) is 9.90 Å². The lowest BCUT2D eigenvalue weighted by Crippen LogP contribution is -2.59. The maximum absolute atomic E-state index is 16.5. The fourth-order valence-electron chi connectivity index (χ4n) is 10.6. The van der Waals surface area contributed by atoms with Crippen molar-refractivity contribution in [2.45, 2.75) is 42.6 Å². The molecule has 3 saturated heterocycles. The lowest BCUT2D eigenvalue weighted by molar-refractivity contribution is -0.179. The molecule has 14 nitrogen and oxygen atoms in total. The molecule has 5 aromatic carbocycles. The van der Waals surface area contributed by atoms with E-state index >= 15 is 14.4 Å². The summed E-state index contributed by atoms with van der Waals surface area (Å²) in [6, 6.07) is 40.5. The average Bonchev–Trinajstić information content (AvgIpc) is 3.83. The van der Waals surface area contributed by atoms with Gasteiger partial charge < -0.3 is 29.7 Å². The fourth-order valence-corrected chi connectivity index (χ4v) is 10.6. The molecule has 1 spiro atoms. The normalized spacial score (nSPS) is 24.1. The number of aliphatic hydroxyl groups is 1. The van der Waals surface area contributed by atoms with E-state index in [1.165, 1.54) is 0 Å². The highest BCUT2D eigenvalue weighted by Gasteiger charge is 2.76. The van der Waals surface area contributed by atoms with Gasteiger partial charge in [0.2, 0.25) is 17.8 Å². The van der Waals surface area contributed by atoms with E-state index in [1.807, 2.05) is 114 Å². The molecule has 2 N–H and O–H groups in total. The number of piperazine rings is 1. The Hall–Kier alpha value is -7.42. The standard InChI is InChI=1S/C52H49N7O7/c1-34(35-15-5-2-6-16-35)55-51(64)58-41-24-12-11-23-40(41)52(49(58)63)42(47(61)56-27-29-57(30-28-56)50-53-25-14-26-54-50)44-48(62)66-45(37-19-9-4-10-20-37)43(36-17-7-3-8-18-36)59(44)46(52)38-21-13-22-39(33-38)65-32-31-60/h2-26,33-34,42-46,60H,27-32H2,1H3,(H,55,64)/t34-,42-,43-,44-,45+,46+,52-/m1/s1. The predicted molar refractivity (Wildman–Crippen MR) is 245 cm³/mol. The molecule has 3 fully saturated rings. The number of fused-ring (bicyclic) bond motifs is 3. The number of esters is 1. The number of hydrogen-bond acceptors (Lipinski definition) is 11. The molecule has 0 unspecified atom stereocenters. The summed E-state index contributed by atoms with van der Waals surface area (Å²) in [5, 5.41) is 12.9. The molecule has 10 rings (SSSR count). The molecule has 6 aromatic rings. The third-order valence-electron chi connectivity index (χ3n) is 13.4. The van der Waals surface area contributed by atoms with Crippen molar-refractivity contribution in [1.29, 1.82) is 0 Å². The summed E-state index contributed by atoms with van der Waals surface area (Å²) in [6.45, 7) is 2.94. The quantitative estimate of drug-likeness (QED) is 0.148. The molecule has 0 bridgehead atoms. The second kappa shape index (κ2) is 17.9. The molecule has 7 atom stereocenters. The van der Waals surface area contributed by atoms with Gasteiger partial charge in [0.05, 0.1) is 36.3 Å². The largest absolute Gasteiger partial charge is 0.491 e. The van der Waals surface area contributed by atoms with E-state index in [1.54, 1.807) is 65.8 Å². The highest BCUT2D eigenvalue weighted by molar-refractivity contribution is 6.24. The zero-order chi connectivity index (χ0) is 45.4. The molecule has 66 heavy (non-hydrogen) atoms. The monoisotopic (exact) mass is 883 g/mol. The van der Waals surface area contributed by atoms with Gasteiger partial charge in [-0.15, -0.1) is 0 Å². The number of cyclic esters (lactones) is 1. The summed E-state index contributed by atoms with van der Waals surface area (Å²) >= 11 is 0. The Morgan fingerprint density at radius 2 is 1.41 bits per heavy atom. The number of ether oxygens (including phenoxy) is 2.